The summed E-state index contributed by atoms with van der Waals surface area (Å²) in [5, 5.41) is 20.5. The predicted molar refractivity (Wildman–Crippen MR) is 129 cm³/mol. The molecule has 0 spiro atoms. The normalized spacial score (nSPS) is 14.2. The molecule has 168 valence electrons. The first-order valence-electron chi connectivity index (χ1n) is 11.4. The van der Waals surface area contributed by atoms with E-state index in [1.165, 1.54) is 19.3 Å². The SMILES string of the molecule is Oc1ccc(-c2oc3cc(O)ccc3c2Cc2ccc(OC=CN3CCCCC3)cc2)cc1. The van der Waals surface area contributed by atoms with E-state index in [4.69, 9.17) is 9.15 Å². The van der Waals surface area contributed by atoms with Crippen LogP contribution in [0.4, 0.5) is 0 Å². The quantitative estimate of drug-likeness (QED) is 0.337. The van der Waals surface area contributed by atoms with Gasteiger partial charge in [0.25, 0.3) is 0 Å². The number of phenolic OH excluding ortho intramolecular Hbond substituents is 2. The van der Waals surface area contributed by atoms with Crippen LogP contribution in [0.25, 0.3) is 22.3 Å². The standard InChI is InChI=1S/C28H27NO4/c30-22-8-6-21(7-9-22)28-26(25-13-10-23(31)19-27(25)33-28)18-20-4-11-24(12-5-20)32-17-16-29-14-2-1-3-15-29/h4-13,16-17,19,30-31H,1-3,14-15,18H2. The molecule has 2 N–H and O–H groups in total. The highest BCUT2D eigenvalue weighted by Crippen LogP contribution is 2.37. The average Bonchev–Trinajstić information content (AvgIpc) is 3.18. The van der Waals surface area contributed by atoms with Crippen molar-refractivity contribution in [2.24, 2.45) is 0 Å². The van der Waals surface area contributed by atoms with E-state index in [1.54, 1.807) is 30.5 Å². The van der Waals surface area contributed by atoms with E-state index in [2.05, 4.69) is 17.0 Å². The van der Waals surface area contributed by atoms with Crippen molar-refractivity contribution in [3.63, 3.8) is 0 Å². The number of aromatic hydroxyl groups is 2. The highest BCUT2D eigenvalue weighted by atomic mass is 16.5. The summed E-state index contributed by atoms with van der Waals surface area (Å²) >= 11 is 0. The predicted octanol–water partition coefficient (Wildman–Crippen LogP) is 6.44. The first kappa shape index (κ1) is 21.0. The molecular weight excluding hydrogens is 414 g/mol. The number of phenols is 2. The van der Waals surface area contributed by atoms with Gasteiger partial charge in [-0.3, -0.25) is 0 Å². The lowest BCUT2D eigenvalue weighted by Gasteiger charge is -2.24. The fourth-order valence-corrected chi connectivity index (χ4v) is 4.31. The Hall–Kier alpha value is -3.86. The van der Waals surface area contributed by atoms with Gasteiger partial charge in [0.2, 0.25) is 0 Å². The summed E-state index contributed by atoms with van der Waals surface area (Å²) in [4.78, 5) is 2.30. The number of ether oxygens (including phenoxy) is 1. The van der Waals surface area contributed by atoms with Gasteiger partial charge in [-0.25, -0.2) is 0 Å². The Morgan fingerprint density at radius 3 is 2.33 bits per heavy atom. The molecule has 0 radical (unpaired) electrons. The zero-order valence-corrected chi connectivity index (χ0v) is 18.4. The summed E-state index contributed by atoms with van der Waals surface area (Å²) in [5.41, 5.74) is 3.67. The van der Waals surface area contributed by atoms with Crippen molar-refractivity contribution < 1.29 is 19.4 Å². The molecule has 0 atom stereocenters. The van der Waals surface area contributed by atoms with E-state index in [9.17, 15) is 10.2 Å². The van der Waals surface area contributed by atoms with E-state index < -0.39 is 0 Å². The maximum Gasteiger partial charge on any atom is 0.138 e. The first-order chi connectivity index (χ1) is 16.2. The van der Waals surface area contributed by atoms with E-state index in [0.717, 1.165) is 46.7 Å². The molecule has 0 unspecified atom stereocenters. The Morgan fingerprint density at radius 1 is 0.848 bits per heavy atom. The Labute approximate surface area is 193 Å². The van der Waals surface area contributed by atoms with Crippen molar-refractivity contribution in [3.8, 4) is 28.6 Å². The lowest BCUT2D eigenvalue weighted by molar-refractivity contribution is 0.301. The first-order valence-corrected chi connectivity index (χ1v) is 11.4. The Balaban J connectivity index is 1.37. The second-order valence-electron chi connectivity index (χ2n) is 8.46. The maximum absolute atomic E-state index is 9.90. The molecule has 1 aromatic heterocycles. The number of fused-ring (bicyclic) bond motifs is 1. The van der Waals surface area contributed by atoms with E-state index in [1.807, 2.05) is 36.5 Å². The minimum atomic E-state index is 0.166. The molecule has 0 saturated carbocycles. The number of likely N-dealkylation sites (tertiary alicyclic amines) is 1. The van der Waals surface area contributed by atoms with Gasteiger partial charge in [0, 0.05) is 48.3 Å². The van der Waals surface area contributed by atoms with Gasteiger partial charge in [-0.05, 0) is 73.4 Å². The Bertz CT molecular complexity index is 1250. The summed E-state index contributed by atoms with van der Waals surface area (Å²) in [5.74, 6) is 1.91. The highest BCUT2D eigenvalue weighted by molar-refractivity contribution is 5.89. The highest BCUT2D eigenvalue weighted by Gasteiger charge is 2.17. The number of furan rings is 1. The molecule has 2 heterocycles. The third kappa shape index (κ3) is 4.82. The fourth-order valence-electron chi connectivity index (χ4n) is 4.31. The minimum absolute atomic E-state index is 0.166. The summed E-state index contributed by atoms with van der Waals surface area (Å²) < 4.78 is 11.9. The molecule has 0 amide bonds. The van der Waals surface area contributed by atoms with Crippen LogP contribution in [0, 0.1) is 0 Å². The lowest BCUT2D eigenvalue weighted by atomic mass is 9.98. The number of hydrogen-bond acceptors (Lipinski definition) is 5. The second kappa shape index (κ2) is 9.33. The van der Waals surface area contributed by atoms with Crippen LogP contribution in [-0.4, -0.2) is 28.2 Å². The van der Waals surface area contributed by atoms with Crippen molar-refractivity contribution in [2.45, 2.75) is 25.7 Å². The molecule has 5 nitrogen and oxygen atoms in total. The summed E-state index contributed by atoms with van der Waals surface area (Å²) in [6.07, 6.45) is 8.26. The van der Waals surface area contributed by atoms with Crippen LogP contribution >= 0.6 is 0 Å². The molecule has 0 aliphatic carbocycles. The zero-order chi connectivity index (χ0) is 22.6. The van der Waals surface area contributed by atoms with Crippen molar-refractivity contribution >= 4 is 11.0 Å². The molecule has 3 aromatic carbocycles. The van der Waals surface area contributed by atoms with Crippen LogP contribution in [0.3, 0.4) is 0 Å². The third-order valence-electron chi connectivity index (χ3n) is 6.08. The van der Waals surface area contributed by atoms with E-state index in [0.29, 0.717) is 12.0 Å². The van der Waals surface area contributed by atoms with Gasteiger partial charge < -0.3 is 24.3 Å². The number of rotatable bonds is 6. The van der Waals surface area contributed by atoms with Crippen LogP contribution in [0.1, 0.15) is 30.4 Å². The third-order valence-corrected chi connectivity index (χ3v) is 6.08. The minimum Gasteiger partial charge on any atom is -0.508 e. The fraction of sp³-hybridized carbons (Fsp3) is 0.214. The van der Waals surface area contributed by atoms with E-state index in [-0.39, 0.29) is 11.5 Å². The number of piperidine rings is 1. The van der Waals surface area contributed by atoms with Crippen LogP contribution in [0.5, 0.6) is 17.2 Å². The van der Waals surface area contributed by atoms with Crippen molar-refractivity contribution in [1.29, 1.82) is 0 Å². The van der Waals surface area contributed by atoms with Crippen LogP contribution < -0.4 is 4.74 Å². The second-order valence-corrected chi connectivity index (χ2v) is 8.46. The monoisotopic (exact) mass is 441 g/mol. The number of benzene rings is 3. The maximum atomic E-state index is 9.90. The van der Waals surface area contributed by atoms with Crippen LogP contribution in [0.15, 0.2) is 83.6 Å². The van der Waals surface area contributed by atoms with Gasteiger partial charge in [-0.15, -0.1) is 0 Å². The Kier molecular flexibility index (Phi) is 5.94. The van der Waals surface area contributed by atoms with Crippen LogP contribution in [-0.2, 0) is 6.42 Å². The molecule has 1 saturated heterocycles. The van der Waals surface area contributed by atoms with Gasteiger partial charge in [0.1, 0.15) is 34.9 Å². The van der Waals surface area contributed by atoms with Gasteiger partial charge in [0.05, 0.1) is 0 Å². The molecule has 1 aliphatic rings. The number of hydrogen-bond donors (Lipinski definition) is 2. The topological polar surface area (TPSA) is 66.1 Å². The van der Waals surface area contributed by atoms with Crippen molar-refractivity contribution in [1.82, 2.24) is 4.90 Å². The lowest BCUT2D eigenvalue weighted by Crippen LogP contribution is -2.24. The molecule has 33 heavy (non-hydrogen) atoms. The largest absolute Gasteiger partial charge is 0.508 e. The molecule has 5 heteroatoms. The average molecular weight is 442 g/mol. The van der Waals surface area contributed by atoms with Gasteiger partial charge in [-0.1, -0.05) is 12.1 Å². The smallest absolute Gasteiger partial charge is 0.138 e. The summed E-state index contributed by atoms with van der Waals surface area (Å²) in [6, 6.07) is 20.2. The molecule has 5 rings (SSSR count). The molecular formula is C28H27NO4. The van der Waals surface area contributed by atoms with Gasteiger partial charge >= 0.3 is 0 Å². The van der Waals surface area contributed by atoms with E-state index >= 15 is 0 Å². The Morgan fingerprint density at radius 2 is 1.58 bits per heavy atom. The number of nitrogens with zero attached hydrogens (tertiary/aromatic N) is 1. The summed E-state index contributed by atoms with van der Waals surface area (Å²) in [6.45, 7) is 2.19. The van der Waals surface area contributed by atoms with Gasteiger partial charge in [-0.2, -0.15) is 0 Å². The van der Waals surface area contributed by atoms with Crippen molar-refractivity contribution in [2.75, 3.05) is 13.1 Å². The molecule has 1 fully saturated rings. The van der Waals surface area contributed by atoms with Crippen molar-refractivity contribution in [3.05, 3.63) is 90.3 Å². The molecule has 4 aromatic rings. The van der Waals surface area contributed by atoms with Crippen LogP contribution in [0.2, 0.25) is 0 Å². The summed E-state index contributed by atoms with van der Waals surface area (Å²) in [7, 11) is 0. The molecule has 1 aliphatic heterocycles. The zero-order valence-electron chi connectivity index (χ0n) is 18.4. The molecule has 0 bridgehead atoms. The van der Waals surface area contributed by atoms with Gasteiger partial charge in [0.15, 0.2) is 0 Å².